The van der Waals surface area contributed by atoms with Gasteiger partial charge in [0.2, 0.25) is 0 Å². The number of allylic oxidation sites excluding steroid dienone is 1. The van der Waals surface area contributed by atoms with Crippen molar-refractivity contribution in [3.63, 3.8) is 0 Å². The maximum Gasteiger partial charge on any atom is 0.166 e. The molecule has 0 radical (unpaired) electrons. The average Bonchev–Trinajstić information content (AvgIpc) is 3.07. The van der Waals surface area contributed by atoms with Crippen molar-refractivity contribution in [2.45, 2.75) is 96.7 Å². The van der Waals surface area contributed by atoms with Crippen LogP contribution in [-0.2, 0) is 9.59 Å². The fourth-order valence-corrected chi connectivity index (χ4v) is 4.84. The summed E-state index contributed by atoms with van der Waals surface area (Å²) in [5, 5.41) is 6.98. The molecule has 3 atom stereocenters. The van der Waals surface area contributed by atoms with Gasteiger partial charge in [0.15, 0.2) is 11.6 Å². The first-order valence-corrected chi connectivity index (χ1v) is 11.7. The summed E-state index contributed by atoms with van der Waals surface area (Å²) in [6.45, 7) is 12.9. The lowest BCUT2D eigenvalue weighted by Crippen LogP contribution is -2.61. The van der Waals surface area contributed by atoms with E-state index in [2.05, 4.69) is 41.5 Å². The summed E-state index contributed by atoms with van der Waals surface area (Å²) in [4.78, 5) is 28.8. The molecule has 2 aliphatic rings. The van der Waals surface area contributed by atoms with E-state index < -0.39 is 11.1 Å². The first kappa shape index (κ1) is 24.2. The molecular weight excluding hydrogens is 362 g/mol. The van der Waals surface area contributed by atoms with Crippen LogP contribution in [0.1, 0.15) is 79.6 Å². The van der Waals surface area contributed by atoms with Crippen LogP contribution in [0.15, 0.2) is 12.2 Å². The van der Waals surface area contributed by atoms with Crippen LogP contribution in [-0.4, -0.2) is 59.8 Å². The molecule has 166 valence electrons. The van der Waals surface area contributed by atoms with E-state index in [9.17, 15) is 9.59 Å². The number of rotatable bonds is 4. The van der Waals surface area contributed by atoms with Crippen LogP contribution < -0.4 is 10.6 Å². The number of ketones is 2. The summed E-state index contributed by atoms with van der Waals surface area (Å²) < 4.78 is 0. The number of carbonyl (C=O) groups is 2. The second-order valence-electron chi connectivity index (χ2n) is 9.92. The van der Waals surface area contributed by atoms with Crippen molar-refractivity contribution in [2.24, 2.45) is 5.92 Å². The van der Waals surface area contributed by atoms with E-state index in [4.69, 9.17) is 0 Å². The van der Waals surface area contributed by atoms with Gasteiger partial charge in [-0.1, -0.05) is 45.3 Å². The Morgan fingerprint density at radius 2 is 1.83 bits per heavy atom. The lowest BCUT2D eigenvalue weighted by Gasteiger charge is -2.35. The first-order valence-electron chi connectivity index (χ1n) is 11.7. The lowest BCUT2D eigenvalue weighted by atomic mass is 9.84. The molecule has 0 amide bonds. The maximum atomic E-state index is 13.3. The van der Waals surface area contributed by atoms with Crippen molar-refractivity contribution in [3.05, 3.63) is 12.2 Å². The van der Waals surface area contributed by atoms with Crippen molar-refractivity contribution in [3.8, 4) is 0 Å². The molecule has 0 spiro atoms. The summed E-state index contributed by atoms with van der Waals surface area (Å²) in [5.41, 5.74) is -1.15. The van der Waals surface area contributed by atoms with Crippen molar-refractivity contribution in [1.29, 1.82) is 0 Å². The zero-order chi connectivity index (χ0) is 21.5. The number of fused-ring (bicyclic) bond motifs is 2. The summed E-state index contributed by atoms with van der Waals surface area (Å²) in [6, 6.07) is 0.243. The highest BCUT2D eigenvalue weighted by Crippen LogP contribution is 2.26. The van der Waals surface area contributed by atoms with Crippen LogP contribution in [0.2, 0.25) is 0 Å². The van der Waals surface area contributed by atoms with Gasteiger partial charge in [0.1, 0.15) is 0 Å². The monoisotopic (exact) mass is 405 g/mol. The van der Waals surface area contributed by atoms with Crippen LogP contribution in [0.25, 0.3) is 0 Å². The quantitative estimate of drug-likeness (QED) is 0.701. The zero-order valence-corrected chi connectivity index (χ0v) is 19.4. The Balaban J connectivity index is 2.22. The number of hydrogen-bond donors (Lipinski definition) is 2. The van der Waals surface area contributed by atoms with Crippen LogP contribution in [0.3, 0.4) is 0 Å². The SMILES string of the molecule is CC(C)N[C@]1(C)CCCCCC/C=C/CN2CC[C@@](C(=O)C(C)C)(C2)NCC1=O. The zero-order valence-electron chi connectivity index (χ0n) is 19.4. The Morgan fingerprint density at radius 3 is 2.52 bits per heavy atom. The molecule has 2 bridgehead atoms. The van der Waals surface area contributed by atoms with Gasteiger partial charge in [-0.2, -0.15) is 0 Å². The van der Waals surface area contributed by atoms with Crippen LogP contribution in [0.5, 0.6) is 0 Å². The van der Waals surface area contributed by atoms with Gasteiger partial charge in [-0.3, -0.25) is 19.8 Å². The molecule has 0 saturated carbocycles. The highest BCUT2D eigenvalue weighted by molar-refractivity contribution is 5.93. The van der Waals surface area contributed by atoms with Crippen molar-refractivity contribution in [2.75, 3.05) is 26.2 Å². The summed E-state index contributed by atoms with van der Waals surface area (Å²) in [6.07, 6.45) is 11.9. The van der Waals surface area contributed by atoms with Gasteiger partial charge in [-0.15, -0.1) is 0 Å². The molecule has 5 heteroatoms. The Hall–Kier alpha value is -1.04. The molecule has 2 aliphatic heterocycles. The molecule has 1 saturated heterocycles. The molecule has 1 unspecified atom stereocenters. The largest absolute Gasteiger partial charge is 0.303 e. The third-order valence-electron chi connectivity index (χ3n) is 6.48. The Kier molecular flexibility index (Phi) is 9.05. The third-order valence-corrected chi connectivity index (χ3v) is 6.48. The average molecular weight is 406 g/mol. The number of Topliss-reactive ketones (excluding diaryl/α,β-unsaturated/α-hetero) is 2. The number of nitrogens with zero attached hydrogens (tertiary/aromatic N) is 1. The molecule has 1 fully saturated rings. The molecule has 2 rings (SSSR count). The second kappa shape index (κ2) is 10.8. The summed E-state index contributed by atoms with van der Waals surface area (Å²) in [7, 11) is 0. The molecule has 0 aromatic heterocycles. The van der Waals surface area contributed by atoms with Gasteiger partial charge in [0.25, 0.3) is 0 Å². The highest BCUT2D eigenvalue weighted by Gasteiger charge is 2.45. The summed E-state index contributed by atoms with van der Waals surface area (Å²) in [5.74, 6) is 0.364. The molecule has 0 aromatic carbocycles. The maximum absolute atomic E-state index is 13.3. The molecule has 0 aliphatic carbocycles. The van der Waals surface area contributed by atoms with E-state index in [1.165, 1.54) is 12.8 Å². The smallest absolute Gasteiger partial charge is 0.166 e. The molecular formula is C24H43N3O2. The predicted molar refractivity (Wildman–Crippen MR) is 120 cm³/mol. The Labute approximate surface area is 178 Å². The third kappa shape index (κ3) is 6.73. The lowest BCUT2D eigenvalue weighted by molar-refractivity contribution is -0.129. The van der Waals surface area contributed by atoms with Crippen LogP contribution >= 0.6 is 0 Å². The molecule has 29 heavy (non-hydrogen) atoms. The highest BCUT2D eigenvalue weighted by atomic mass is 16.1. The Morgan fingerprint density at radius 1 is 1.10 bits per heavy atom. The molecule has 0 aromatic rings. The van der Waals surface area contributed by atoms with E-state index in [0.717, 1.165) is 45.2 Å². The minimum Gasteiger partial charge on any atom is -0.303 e. The number of carbonyl (C=O) groups excluding carboxylic acids is 2. The first-order chi connectivity index (χ1) is 13.7. The van der Waals surface area contributed by atoms with Gasteiger partial charge in [0, 0.05) is 31.6 Å². The molecule has 2 N–H and O–H groups in total. The van der Waals surface area contributed by atoms with Gasteiger partial charge >= 0.3 is 0 Å². The number of nitrogens with one attached hydrogen (secondary N) is 2. The minimum atomic E-state index is -0.604. The fraction of sp³-hybridized carbons (Fsp3) is 0.833. The van der Waals surface area contributed by atoms with Gasteiger partial charge in [-0.25, -0.2) is 0 Å². The minimum absolute atomic E-state index is 0.0427. The van der Waals surface area contributed by atoms with Crippen molar-refractivity contribution < 1.29 is 9.59 Å². The normalized spacial score (nSPS) is 33.9. The van der Waals surface area contributed by atoms with Crippen LogP contribution in [0, 0.1) is 5.92 Å². The topological polar surface area (TPSA) is 61.4 Å². The van der Waals surface area contributed by atoms with E-state index >= 15 is 0 Å². The van der Waals surface area contributed by atoms with E-state index in [1.54, 1.807) is 0 Å². The fourth-order valence-electron chi connectivity index (χ4n) is 4.84. The molecule has 2 heterocycles. The Bertz CT molecular complexity index is 587. The van der Waals surface area contributed by atoms with E-state index in [1.807, 2.05) is 20.8 Å². The van der Waals surface area contributed by atoms with Crippen molar-refractivity contribution >= 4 is 11.6 Å². The van der Waals surface area contributed by atoms with E-state index in [0.29, 0.717) is 6.54 Å². The summed E-state index contributed by atoms with van der Waals surface area (Å²) >= 11 is 0. The van der Waals surface area contributed by atoms with Gasteiger partial charge in [-0.05, 0) is 46.5 Å². The predicted octanol–water partition coefficient (Wildman–Crippen LogP) is 3.48. The standard InChI is InChI=1S/C24H43N3O2/c1-19(2)22(29)24-14-16-27(18-24)15-12-10-8-6-7-9-11-13-23(5,26-20(3)4)21(28)17-25-24/h10,12,19-20,25-26H,6-9,11,13-18H2,1-5H3/b12-10+/t23-,24+/m1/s1. The molecule has 5 nitrogen and oxygen atoms in total. The van der Waals surface area contributed by atoms with Crippen LogP contribution in [0.4, 0.5) is 0 Å². The van der Waals surface area contributed by atoms with Crippen molar-refractivity contribution in [1.82, 2.24) is 15.5 Å². The van der Waals surface area contributed by atoms with Gasteiger partial charge < -0.3 is 5.32 Å². The van der Waals surface area contributed by atoms with Gasteiger partial charge in [0.05, 0.1) is 17.6 Å². The second-order valence-corrected chi connectivity index (χ2v) is 9.92. The van der Waals surface area contributed by atoms with E-state index in [-0.39, 0.29) is 30.1 Å². The number of hydrogen-bond acceptors (Lipinski definition) is 5.